The first-order valence-corrected chi connectivity index (χ1v) is 9.64. The Morgan fingerprint density at radius 2 is 1.58 bits per heavy atom. The maximum Gasteiger partial charge on any atom is 0.243 e. The van der Waals surface area contributed by atoms with E-state index in [0.717, 1.165) is 18.4 Å². The zero-order valence-electron chi connectivity index (χ0n) is 13.3. The molecule has 0 fully saturated rings. The highest BCUT2D eigenvalue weighted by atomic mass is 32.2. The van der Waals surface area contributed by atoms with Crippen LogP contribution in [0.5, 0.6) is 0 Å². The smallest absolute Gasteiger partial charge is 0.207 e. The molecule has 2 aliphatic rings. The van der Waals surface area contributed by atoms with E-state index >= 15 is 0 Å². The summed E-state index contributed by atoms with van der Waals surface area (Å²) < 4.78 is 27.8. The van der Waals surface area contributed by atoms with E-state index in [1.807, 2.05) is 24.3 Å². The number of fused-ring (bicyclic) bond motifs is 1. The van der Waals surface area contributed by atoms with E-state index < -0.39 is 10.0 Å². The van der Waals surface area contributed by atoms with Gasteiger partial charge in [0.15, 0.2) is 0 Å². The highest BCUT2D eigenvalue weighted by molar-refractivity contribution is 7.89. The van der Waals surface area contributed by atoms with Gasteiger partial charge in [0.25, 0.3) is 0 Å². The predicted octanol–water partition coefficient (Wildman–Crippen LogP) is 3.86. The maximum absolute atomic E-state index is 13.0. The van der Waals surface area contributed by atoms with Crippen molar-refractivity contribution in [1.29, 1.82) is 0 Å². The van der Waals surface area contributed by atoms with Crippen LogP contribution < -0.4 is 0 Å². The van der Waals surface area contributed by atoms with Crippen molar-refractivity contribution in [2.75, 3.05) is 6.54 Å². The Bertz CT molecular complexity index is 899. The third-order valence-corrected chi connectivity index (χ3v) is 6.69. The Morgan fingerprint density at radius 3 is 2.29 bits per heavy atom. The average molecular weight is 337 g/mol. The molecule has 2 aromatic carbocycles. The second-order valence-electron chi connectivity index (χ2n) is 6.13. The van der Waals surface area contributed by atoms with Crippen molar-refractivity contribution in [1.82, 2.24) is 4.31 Å². The third kappa shape index (κ3) is 2.52. The molecule has 4 rings (SSSR count). The van der Waals surface area contributed by atoms with Gasteiger partial charge < -0.3 is 0 Å². The van der Waals surface area contributed by atoms with Crippen molar-refractivity contribution in [3.05, 3.63) is 84.0 Å². The van der Waals surface area contributed by atoms with Crippen molar-refractivity contribution < 1.29 is 8.42 Å². The van der Waals surface area contributed by atoms with E-state index in [0.29, 0.717) is 11.4 Å². The lowest BCUT2D eigenvalue weighted by molar-refractivity contribution is 0.355. The quantitative estimate of drug-likeness (QED) is 0.853. The summed E-state index contributed by atoms with van der Waals surface area (Å²) in [6, 6.07) is 18.9. The molecule has 0 saturated carbocycles. The van der Waals surface area contributed by atoms with Gasteiger partial charge in [0, 0.05) is 6.54 Å². The lowest BCUT2D eigenvalue weighted by Gasteiger charge is -2.35. The summed E-state index contributed by atoms with van der Waals surface area (Å²) in [6.45, 7) is 0.525. The van der Waals surface area contributed by atoms with Crippen LogP contribution >= 0.6 is 0 Å². The number of nitrogens with zero attached hydrogens (tertiary/aromatic N) is 1. The van der Waals surface area contributed by atoms with Gasteiger partial charge in [-0.1, -0.05) is 60.7 Å². The third-order valence-electron chi connectivity index (χ3n) is 4.77. The van der Waals surface area contributed by atoms with E-state index in [1.165, 1.54) is 11.1 Å². The van der Waals surface area contributed by atoms with Crippen molar-refractivity contribution >= 4 is 15.6 Å². The molecule has 4 heteroatoms. The fourth-order valence-electron chi connectivity index (χ4n) is 3.62. The molecule has 3 nitrogen and oxygen atoms in total. The summed E-state index contributed by atoms with van der Waals surface area (Å²) in [5.41, 5.74) is 3.61. The largest absolute Gasteiger partial charge is 0.243 e. The van der Waals surface area contributed by atoms with Crippen LogP contribution in [0.1, 0.15) is 18.4 Å². The molecule has 1 unspecified atom stereocenters. The molecular formula is C20H19NO2S. The molecule has 0 N–H and O–H groups in total. The van der Waals surface area contributed by atoms with Gasteiger partial charge in [-0.3, -0.25) is 0 Å². The van der Waals surface area contributed by atoms with Gasteiger partial charge in [0.05, 0.1) is 10.9 Å². The Labute approximate surface area is 143 Å². The summed E-state index contributed by atoms with van der Waals surface area (Å²) in [4.78, 5) is 0.374. The van der Waals surface area contributed by atoms with Crippen LogP contribution in [0.25, 0.3) is 5.57 Å². The standard InChI is InChI=1S/C20H19NO2S/c22-24(23,17-10-5-2-6-11-17)21-15-14-18(16-8-3-1-4-9-16)19-12-7-13-20(19)21/h1-12,20H,13-15H2. The van der Waals surface area contributed by atoms with Gasteiger partial charge in [-0.05, 0) is 41.7 Å². The first-order chi connectivity index (χ1) is 11.7. The first-order valence-electron chi connectivity index (χ1n) is 8.20. The van der Waals surface area contributed by atoms with Gasteiger partial charge in [0.2, 0.25) is 10.0 Å². The fourth-order valence-corrected chi connectivity index (χ4v) is 5.26. The van der Waals surface area contributed by atoms with Crippen LogP contribution in [-0.4, -0.2) is 25.3 Å². The van der Waals surface area contributed by atoms with Crippen LogP contribution in [0.4, 0.5) is 0 Å². The van der Waals surface area contributed by atoms with Gasteiger partial charge in [0.1, 0.15) is 0 Å². The lowest BCUT2D eigenvalue weighted by Crippen LogP contribution is -2.43. The van der Waals surface area contributed by atoms with Gasteiger partial charge >= 0.3 is 0 Å². The minimum atomic E-state index is -3.46. The van der Waals surface area contributed by atoms with Crippen molar-refractivity contribution in [2.24, 2.45) is 0 Å². The maximum atomic E-state index is 13.0. The Balaban J connectivity index is 1.75. The summed E-state index contributed by atoms with van der Waals surface area (Å²) in [5, 5.41) is 0. The minimum Gasteiger partial charge on any atom is -0.207 e. The second kappa shape index (κ2) is 6.04. The van der Waals surface area contributed by atoms with Crippen LogP contribution in [0.15, 0.2) is 83.3 Å². The number of hydrogen-bond acceptors (Lipinski definition) is 2. The number of rotatable bonds is 3. The molecule has 0 aromatic heterocycles. The monoisotopic (exact) mass is 337 g/mol. The summed E-state index contributed by atoms with van der Waals surface area (Å²) in [5.74, 6) is 0. The van der Waals surface area contributed by atoms with Crippen molar-refractivity contribution in [2.45, 2.75) is 23.8 Å². The number of hydrogen-bond donors (Lipinski definition) is 0. The van der Waals surface area contributed by atoms with Crippen molar-refractivity contribution in [3.8, 4) is 0 Å². The topological polar surface area (TPSA) is 37.4 Å². The van der Waals surface area contributed by atoms with Crippen LogP contribution in [-0.2, 0) is 10.0 Å². The molecule has 1 heterocycles. The van der Waals surface area contributed by atoms with Crippen LogP contribution in [0.3, 0.4) is 0 Å². The van der Waals surface area contributed by atoms with E-state index in [9.17, 15) is 8.42 Å². The van der Waals surface area contributed by atoms with Crippen LogP contribution in [0, 0.1) is 0 Å². The van der Waals surface area contributed by atoms with E-state index in [1.54, 1.807) is 28.6 Å². The zero-order chi connectivity index (χ0) is 16.6. The Hall–Kier alpha value is -2.17. The second-order valence-corrected chi connectivity index (χ2v) is 8.02. The van der Waals surface area contributed by atoms with Gasteiger partial charge in [-0.25, -0.2) is 8.42 Å². The van der Waals surface area contributed by atoms with Crippen molar-refractivity contribution in [3.63, 3.8) is 0 Å². The molecule has 0 spiro atoms. The molecule has 1 atom stereocenters. The lowest BCUT2D eigenvalue weighted by atomic mass is 9.91. The zero-order valence-corrected chi connectivity index (χ0v) is 14.1. The Morgan fingerprint density at radius 1 is 0.917 bits per heavy atom. The molecule has 0 amide bonds. The molecule has 0 saturated heterocycles. The highest BCUT2D eigenvalue weighted by Crippen LogP contribution is 2.39. The molecule has 1 aliphatic heterocycles. The van der Waals surface area contributed by atoms with E-state index in [-0.39, 0.29) is 6.04 Å². The van der Waals surface area contributed by atoms with Gasteiger partial charge in [-0.15, -0.1) is 0 Å². The number of benzene rings is 2. The summed E-state index contributed by atoms with van der Waals surface area (Å²) >= 11 is 0. The number of sulfonamides is 1. The van der Waals surface area contributed by atoms with E-state index in [2.05, 4.69) is 24.3 Å². The molecule has 0 radical (unpaired) electrons. The Kier molecular flexibility index (Phi) is 3.87. The van der Waals surface area contributed by atoms with Gasteiger partial charge in [-0.2, -0.15) is 4.31 Å². The normalized spacial score (nSPS) is 21.1. The highest BCUT2D eigenvalue weighted by Gasteiger charge is 2.38. The predicted molar refractivity (Wildman–Crippen MR) is 95.9 cm³/mol. The summed E-state index contributed by atoms with van der Waals surface area (Å²) in [7, 11) is -3.46. The van der Waals surface area contributed by atoms with Crippen LogP contribution in [0.2, 0.25) is 0 Å². The average Bonchev–Trinajstić information content (AvgIpc) is 3.12. The molecule has 122 valence electrons. The molecule has 24 heavy (non-hydrogen) atoms. The molecule has 2 aromatic rings. The fraction of sp³-hybridized carbons (Fsp3) is 0.200. The SMILES string of the molecule is O=S(=O)(c1ccccc1)N1CCC(c2ccccc2)=C2C=CCC21. The van der Waals surface area contributed by atoms with E-state index in [4.69, 9.17) is 0 Å². The molecule has 0 bridgehead atoms. The first kappa shape index (κ1) is 15.4. The summed E-state index contributed by atoms with van der Waals surface area (Å²) in [6.07, 6.45) is 5.67. The molecular weight excluding hydrogens is 318 g/mol. The molecule has 1 aliphatic carbocycles. The minimum absolute atomic E-state index is 0.0841.